The minimum absolute atomic E-state index is 0.0609. The summed E-state index contributed by atoms with van der Waals surface area (Å²) in [6.07, 6.45) is -3.96. The number of ether oxygens (including phenoxy) is 1. The van der Waals surface area contributed by atoms with Gasteiger partial charge >= 0.3 is 12.1 Å². The SMILES string of the molecule is CCOC(=O)c1ccc(CC=C(c2cc(Cl)c(F)c(Cl)c2)C(F)(F)F)cc1Cl. The van der Waals surface area contributed by atoms with Gasteiger partial charge in [0.25, 0.3) is 0 Å². The molecule has 0 aliphatic rings. The summed E-state index contributed by atoms with van der Waals surface area (Å²) in [5.41, 5.74) is -0.844. The van der Waals surface area contributed by atoms with Crippen LogP contribution < -0.4 is 0 Å². The van der Waals surface area contributed by atoms with Crippen LogP contribution in [0.25, 0.3) is 5.57 Å². The standard InChI is InChI=1S/C19H13Cl3F4O2/c1-2-28-18(27)12-5-3-10(7-14(12)20)4-6-13(19(24,25)26)11-8-15(21)17(23)16(22)9-11/h3,5-9H,2,4H2,1H3. The Kier molecular flexibility index (Phi) is 7.37. The number of carbonyl (C=O) groups is 1. The van der Waals surface area contributed by atoms with E-state index >= 15 is 0 Å². The lowest BCUT2D eigenvalue weighted by atomic mass is 10.0. The van der Waals surface area contributed by atoms with Crippen molar-refractivity contribution in [1.82, 2.24) is 0 Å². The topological polar surface area (TPSA) is 26.3 Å². The Morgan fingerprint density at radius 1 is 1.07 bits per heavy atom. The van der Waals surface area contributed by atoms with Crippen molar-refractivity contribution in [2.45, 2.75) is 19.5 Å². The van der Waals surface area contributed by atoms with Crippen molar-refractivity contribution < 1.29 is 27.1 Å². The normalized spacial score (nSPS) is 12.2. The van der Waals surface area contributed by atoms with Crippen LogP contribution in [0.3, 0.4) is 0 Å². The van der Waals surface area contributed by atoms with Gasteiger partial charge in [-0.25, -0.2) is 9.18 Å². The fraction of sp³-hybridized carbons (Fsp3) is 0.211. The highest BCUT2D eigenvalue weighted by Crippen LogP contribution is 2.37. The maximum atomic E-state index is 13.5. The third-order valence-electron chi connectivity index (χ3n) is 3.67. The van der Waals surface area contributed by atoms with E-state index in [1.165, 1.54) is 18.2 Å². The molecule has 150 valence electrons. The summed E-state index contributed by atoms with van der Waals surface area (Å²) < 4.78 is 58.8. The van der Waals surface area contributed by atoms with Gasteiger partial charge in [-0.2, -0.15) is 13.2 Å². The summed E-state index contributed by atoms with van der Waals surface area (Å²) in [5, 5.41) is -0.968. The Bertz CT molecular complexity index is 901. The van der Waals surface area contributed by atoms with Crippen molar-refractivity contribution in [3.8, 4) is 0 Å². The second-order valence-electron chi connectivity index (χ2n) is 5.61. The first kappa shape index (κ1) is 22.5. The Hall–Kier alpha value is -1.76. The highest BCUT2D eigenvalue weighted by Gasteiger charge is 2.35. The van der Waals surface area contributed by atoms with Crippen molar-refractivity contribution in [3.63, 3.8) is 0 Å². The van der Waals surface area contributed by atoms with Gasteiger partial charge in [0, 0.05) is 0 Å². The van der Waals surface area contributed by atoms with E-state index in [0.717, 1.165) is 18.2 Å². The minimum Gasteiger partial charge on any atom is -0.462 e. The number of hydrogen-bond donors (Lipinski definition) is 0. The predicted octanol–water partition coefficient (Wildman–Crippen LogP) is 7.15. The lowest BCUT2D eigenvalue weighted by Crippen LogP contribution is -2.11. The predicted molar refractivity (Wildman–Crippen MR) is 102 cm³/mol. The number of allylic oxidation sites excluding steroid dienone is 2. The number of esters is 1. The van der Waals surface area contributed by atoms with Crippen LogP contribution in [-0.2, 0) is 11.2 Å². The van der Waals surface area contributed by atoms with Crippen LogP contribution in [-0.4, -0.2) is 18.8 Å². The second kappa shape index (κ2) is 9.16. The Morgan fingerprint density at radius 3 is 2.18 bits per heavy atom. The Morgan fingerprint density at radius 2 is 1.68 bits per heavy atom. The molecule has 0 spiro atoms. The molecule has 0 amide bonds. The largest absolute Gasteiger partial charge is 0.462 e. The van der Waals surface area contributed by atoms with Crippen LogP contribution in [0.4, 0.5) is 17.6 Å². The molecule has 0 bridgehead atoms. The number of halogens is 7. The van der Waals surface area contributed by atoms with Gasteiger partial charge in [-0.15, -0.1) is 0 Å². The van der Waals surface area contributed by atoms with Crippen LogP contribution in [0.2, 0.25) is 15.1 Å². The maximum absolute atomic E-state index is 13.5. The first-order valence-corrected chi connectivity index (χ1v) is 9.05. The van der Waals surface area contributed by atoms with Crippen molar-refractivity contribution in [1.29, 1.82) is 0 Å². The molecule has 0 saturated carbocycles. The number of benzene rings is 2. The lowest BCUT2D eigenvalue weighted by molar-refractivity contribution is -0.0690. The minimum atomic E-state index is -4.72. The zero-order valence-electron chi connectivity index (χ0n) is 14.3. The molecule has 2 aromatic rings. The van der Waals surface area contributed by atoms with E-state index in [-0.39, 0.29) is 29.2 Å². The van der Waals surface area contributed by atoms with Crippen molar-refractivity contribution in [3.05, 3.63) is 74.0 Å². The molecule has 0 N–H and O–H groups in total. The van der Waals surface area contributed by atoms with Gasteiger partial charge in [0.2, 0.25) is 0 Å². The summed E-state index contributed by atoms with van der Waals surface area (Å²) >= 11 is 17.2. The van der Waals surface area contributed by atoms with E-state index in [1.807, 2.05) is 0 Å². The zero-order valence-corrected chi connectivity index (χ0v) is 16.6. The molecule has 2 nitrogen and oxygen atoms in total. The van der Waals surface area contributed by atoms with Gasteiger partial charge in [-0.3, -0.25) is 0 Å². The molecule has 0 unspecified atom stereocenters. The molecule has 9 heteroatoms. The first-order chi connectivity index (χ1) is 13.0. The van der Waals surface area contributed by atoms with Gasteiger partial charge in [0.15, 0.2) is 5.82 Å². The molecule has 0 heterocycles. The third-order valence-corrected chi connectivity index (χ3v) is 4.53. The molecular formula is C19H13Cl3F4O2. The Labute approximate surface area is 173 Å². The van der Waals surface area contributed by atoms with E-state index in [0.29, 0.717) is 5.56 Å². The summed E-state index contributed by atoms with van der Waals surface area (Å²) in [6.45, 7) is 1.80. The van der Waals surface area contributed by atoms with E-state index < -0.39 is 33.6 Å². The fourth-order valence-corrected chi connectivity index (χ4v) is 3.16. The molecule has 2 rings (SSSR count). The molecule has 0 aliphatic heterocycles. The van der Waals surface area contributed by atoms with Crippen molar-refractivity contribution >= 4 is 46.3 Å². The van der Waals surface area contributed by atoms with Crippen LogP contribution in [0.15, 0.2) is 36.4 Å². The van der Waals surface area contributed by atoms with Crippen LogP contribution in [0.5, 0.6) is 0 Å². The van der Waals surface area contributed by atoms with Crippen LogP contribution in [0.1, 0.15) is 28.4 Å². The quantitative estimate of drug-likeness (QED) is 0.272. The molecule has 0 fully saturated rings. The highest BCUT2D eigenvalue weighted by molar-refractivity contribution is 6.35. The summed E-state index contributed by atoms with van der Waals surface area (Å²) in [4.78, 5) is 11.7. The fourth-order valence-electron chi connectivity index (χ4n) is 2.39. The number of rotatable bonds is 5. The van der Waals surface area contributed by atoms with Crippen molar-refractivity contribution in [2.75, 3.05) is 6.61 Å². The van der Waals surface area contributed by atoms with Gasteiger partial charge in [-0.1, -0.05) is 46.9 Å². The molecule has 0 aromatic heterocycles. The highest BCUT2D eigenvalue weighted by atomic mass is 35.5. The number of alkyl halides is 3. The van der Waals surface area contributed by atoms with Gasteiger partial charge < -0.3 is 4.74 Å². The summed E-state index contributed by atoms with van der Waals surface area (Å²) in [5.74, 6) is -1.61. The molecule has 0 atom stereocenters. The Balaban J connectivity index is 2.37. The zero-order chi connectivity index (χ0) is 21.1. The second-order valence-corrected chi connectivity index (χ2v) is 6.83. The van der Waals surface area contributed by atoms with Gasteiger partial charge in [0.05, 0.1) is 32.8 Å². The molecule has 0 saturated heterocycles. The van der Waals surface area contributed by atoms with E-state index in [9.17, 15) is 22.4 Å². The van der Waals surface area contributed by atoms with Gasteiger partial charge in [-0.05, 0) is 48.7 Å². The summed E-state index contributed by atoms with van der Waals surface area (Å²) in [7, 11) is 0. The summed E-state index contributed by atoms with van der Waals surface area (Å²) in [6, 6.07) is 5.94. The molecule has 0 radical (unpaired) electrons. The maximum Gasteiger partial charge on any atom is 0.416 e. The molecule has 28 heavy (non-hydrogen) atoms. The number of hydrogen-bond acceptors (Lipinski definition) is 2. The van der Waals surface area contributed by atoms with Crippen LogP contribution in [0, 0.1) is 5.82 Å². The smallest absolute Gasteiger partial charge is 0.416 e. The molecule has 2 aromatic carbocycles. The van der Waals surface area contributed by atoms with E-state index in [1.54, 1.807) is 6.92 Å². The van der Waals surface area contributed by atoms with E-state index in [2.05, 4.69) is 0 Å². The number of carbonyl (C=O) groups excluding carboxylic acids is 1. The average molecular weight is 456 g/mol. The average Bonchev–Trinajstić information content (AvgIpc) is 2.58. The van der Waals surface area contributed by atoms with Gasteiger partial charge in [0.1, 0.15) is 0 Å². The van der Waals surface area contributed by atoms with E-state index in [4.69, 9.17) is 39.5 Å². The lowest BCUT2D eigenvalue weighted by Gasteiger charge is -2.14. The van der Waals surface area contributed by atoms with Crippen molar-refractivity contribution in [2.24, 2.45) is 0 Å². The third kappa shape index (κ3) is 5.40. The first-order valence-electron chi connectivity index (χ1n) is 7.92. The molecule has 0 aliphatic carbocycles. The monoisotopic (exact) mass is 454 g/mol. The molecular weight excluding hydrogens is 443 g/mol. The van der Waals surface area contributed by atoms with Crippen LogP contribution >= 0.6 is 34.8 Å².